The van der Waals surface area contributed by atoms with Gasteiger partial charge in [-0.2, -0.15) is 5.26 Å². The van der Waals surface area contributed by atoms with Gasteiger partial charge in [-0.3, -0.25) is 9.97 Å². The Labute approximate surface area is 191 Å². The maximum absolute atomic E-state index is 14.1. The number of aromatic nitrogens is 5. The van der Waals surface area contributed by atoms with E-state index in [1.54, 1.807) is 24.3 Å². The van der Waals surface area contributed by atoms with E-state index in [0.29, 0.717) is 22.8 Å². The summed E-state index contributed by atoms with van der Waals surface area (Å²) in [5.74, 6) is -1.92. The van der Waals surface area contributed by atoms with Crippen molar-refractivity contribution in [1.29, 1.82) is 5.26 Å². The molecule has 31 heavy (non-hydrogen) atoms. The third-order valence-electron chi connectivity index (χ3n) is 4.73. The molecule has 4 heterocycles. The van der Waals surface area contributed by atoms with Crippen molar-refractivity contribution in [2.45, 2.75) is 19.3 Å². The molecule has 0 aliphatic heterocycles. The number of hydrogen-bond donors (Lipinski definition) is 0. The third-order valence-corrected chi connectivity index (χ3v) is 4.73. The van der Waals surface area contributed by atoms with Crippen molar-refractivity contribution in [3.8, 4) is 28.7 Å². The smallest absolute Gasteiger partial charge is 0.441 e. The van der Waals surface area contributed by atoms with Crippen molar-refractivity contribution in [1.82, 2.24) is 24.9 Å². The largest absolute Gasteiger partial charge is 2.00 e. The molecular formula is C22H14F2N6Pt. The second-order valence-corrected chi connectivity index (χ2v) is 7.01. The van der Waals surface area contributed by atoms with E-state index in [-0.39, 0.29) is 38.0 Å². The van der Waals surface area contributed by atoms with Gasteiger partial charge in [-0.05, 0) is 43.4 Å². The van der Waals surface area contributed by atoms with Crippen LogP contribution in [0.4, 0.5) is 8.78 Å². The van der Waals surface area contributed by atoms with Crippen LogP contribution in [0, 0.1) is 29.3 Å². The van der Waals surface area contributed by atoms with Crippen molar-refractivity contribution < 1.29 is 29.8 Å². The van der Waals surface area contributed by atoms with Gasteiger partial charge in [0.15, 0.2) is 0 Å². The topological polar surface area (TPSA) is 89.5 Å². The quantitative estimate of drug-likeness (QED) is 0.263. The molecule has 0 unspecified atom stereocenters. The zero-order chi connectivity index (χ0) is 21.3. The van der Waals surface area contributed by atoms with Crippen molar-refractivity contribution in [2.75, 3.05) is 0 Å². The molecule has 6 nitrogen and oxygen atoms in total. The molecule has 0 radical (unpaired) electrons. The first-order chi connectivity index (χ1) is 14.4. The number of pyridine rings is 3. The minimum absolute atomic E-state index is 0. The van der Waals surface area contributed by atoms with Crippen molar-refractivity contribution in [3.05, 3.63) is 83.8 Å². The fourth-order valence-electron chi connectivity index (χ4n) is 3.06. The molecular weight excluding hydrogens is 581 g/mol. The molecule has 0 spiro atoms. The fourth-order valence-corrected chi connectivity index (χ4v) is 3.06. The summed E-state index contributed by atoms with van der Waals surface area (Å²) in [6.45, 7) is 3.85. The second kappa shape index (κ2) is 8.82. The number of nitrogens with zero attached hydrogens (tertiary/aromatic N) is 6. The second-order valence-electron chi connectivity index (χ2n) is 7.01. The molecule has 0 aliphatic carbocycles. The van der Waals surface area contributed by atoms with Gasteiger partial charge >= 0.3 is 21.1 Å². The summed E-state index contributed by atoms with van der Waals surface area (Å²) < 4.78 is 27.2. The summed E-state index contributed by atoms with van der Waals surface area (Å²) in [5, 5.41) is 9.20. The first kappa shape index (κ1) is 22.4. The summed E-state index contributed by atoms with van der Waals surface area (Å²) in [6, 6.07) is 16.1. The number of nitriles is 1. The van der Waals surface area contributed by atoms with Crippen LogP contribution in [0.2, 0.25) is 0 Å². The molecule has 0 aliphatic rings. The van der Waals surface area contributed by atoms with Gasteiger partial charge in [0.1, 0.15) is 11.9 Å². The Morgan fingerprint density at radius 1 is 1.00 bits per heavy atom. The Balaban J connectivity index is 0.00000272. The molecule has 0 amide bonds. The summed E-state index contributed by atoms with van der Waals surface area (Å²) in [6.07, 6.45) is 1.32. The Kier molecular flexibility index (Phi) is 6.37. The molecule has 4 aromatic heterocycles. The molecule has 0 N–H and O–H groups in total. The van der Waals surface area contributed by atoms with Crippen LogP contribution in [0.1, 0.15) is 30.9 Å². The van der Waals surface area contributed by atoms with E-state index >= 15 is 0 Å². The van der Waals surface area contributed by atoms with E-state index in [9.17, 15) is 14.0 Å². The van der Waals surface area contributed by atoms with Gasteiger partial charge < -0.3 is 15.0 Å². The van der Waals surface area contributed by atoms with Gasteiger partial charge in [-0.25, -0.2) is 8.78 Å². The maximum Gasteiger partial charge on any atom is 2.00 e. The van der Waals surface area contributed by atoms with E-state index in [0.717, 1.165) is 6.07 Å². The SMILES string of the molecule is CC(C)(c1cccc(-c2[c-]cc(F)nc2F)n1)c1cccc(-c2[n-]cnc2C#N)n1.[Pt+2]. The monoisotopic (exact) mass is 595 g/mol. The van der Waals surface area contributed by atoms with Crippen molar-refractivity contribution >= 4 is 0 Å². The molecule has 4 rings (SSSR count). The molecule has 0 atom stereocenters. The normalized spacial score (nSPS) is 10.9. The van der Waals surface area contributed by atoms with Crippen molar-refractivity contribution in [3.63, 3.8) is 0 Å². The third kappa shape index (κ3) is 4.28. The Morgan fingerprint density at radius 3 is 2.29 bits per heavy atom. The van der Waals surface area contributed by atoms with Gasteiger partial charge in [0.2, 0.25) is 0 Å². The van der Waals surface area contributed by atoms with Crippen LogP contribution in [-0.2, 0) is 26.5 Å². The molecule has 0 saturated carbocycles. The van der Waals surface area contributed by atoms with Crippen LogP contribution in [0.15, 0.2) is 48.8 Å². The zero-order valence-corrected chi connectivity index (χ0v) is 18.6. The summed E-state index contributed by atoms with van der Waals surface area (Å²) in [5.41, 5.74) is 2.04. The van der Waals surface area contributed by atoms with Gasteiger partial charge in [-0.15, -0.1) is 6.07 Å². The van der Waals surface area contributed by atoms with E-state index in [4.69, 9.17) is 0 Å². The number of hydrogen-bond acceptors (Lipinski definition) is 5. The first-order valence-corrected chi connectivity index (χ1v) is 8.97. The van der Waals surface area contributed by atoms with Gasteiger partial charge in [0.25, 0.3) is 0 Å². The Morgan fingerprint density at radius 2 is 1.65 bits per heavy atom. The minimum Gasteiger partial charge on any atom is -0.441 e. The summed E-state index contributed by atoms with van der Waals surface area (Å²) in [7, 11) is 0. The average Bonchev–Trinajstić information content (AvgIpc) is 3.23. The van der Waals surface area contributed by atoms with Gasteiger partial charge in [0, 0.05) is 16.8 Å². The molecule has 0 fully saturated rings. The zero-order valence-electron chi connectivity index (χ0n) is 16.4. The Hall–Kier alpha value is -3.30. The number of imidazole rings is 1. The number of halogens is 2. The molecule has 156 valence electrons. The molecule has 0 aromatic carbocycles. The van der Waals surface area contributed by atoms with Crippen LogP contribution >= 0.6 is 0 Å². The molecule has 9 heteroatoms. The summed E-state index contributed by atoms with van der Waals surface area (Å²) in [4.78, 5) is 20.5. The van der Waals surface area contributed by atoms with E-state index < -0.39 is 17.3 Å². The van der Waals surface area contributed by atoms with E-state index in [1.165, 1.54) is 6.33 Å². The minimum atomic E-state index is -0.976. The number of rotatable bonds is 4. The van der Waals surface area contributed by atoms with Gasteiger partial charge in [-0.1, -0.05) is 36.2 Å². The molecule has 0 bridgehead atoms. The maximum atomic E-state index is 14.1. The molecule has 4 aromatic rings. The molecule has 0 saturated heterocycles. The van der Waals surface area contributed by atoms with E-state index in [2.05, 4.69) is 31.0 Å². The van der Waals surface area contributed by atoms with Crippen LogP contribution in [0.3, 0.4) is 0 Å². The van der Waals surface area contributed by atoms with E-state index in [1.807, 2.05) is 32.0 Å². The fraction of sp³-hybridized carbons (Fsp3) is 0.136. The van der Waals surface area contributed by atoms with Crippen LogP contribution in [0.25, 0.3) is 22.6 Å². The van der Waals surface area contributed by atoms with Crippen LogP contribution in [-0.4, -0.2) is 19.9 Å². The van der Waals surface area contributed by atoms with Crippen LogP contribution < -0.4 is 4.98 Å². The van der Waals surface area contributed by atoms with Crippen molar-refractivity contribution in [2.24, 2.45) is 0 Å². The average molecular weight is 595 g/mol. The predicted molar refractivity (Wildman–Crippen MR) is 104 cm³/mol. The Bertz CT molecular complexity index is 1280. The van der Waals surface area contributed by atoms with Gasteiger partial charge in [0.05, 0.1) is 17.5 Å². The first-order valence-electron chi connectivity index (χ1n) is 8.97. The van der Waals surface area contributed by atoms with Crippen LogP contribution in [0.5, 0.6) is 0 Å². The standard InChI is InChI=1S/C22H14F2N6.Pt/c1-22(2,18-8-4-6-15(29-18)20-16(11-25)26-12-27-20)17-7-3-5-14(28-17)13-9-10-19(23)30-21(13)24;/h3-8,10,12H,1-2H3;/q-2;+2. The predicted octanol–water partition coefficient (Wildman–Crippen LogP) is 3.83. The summed E-state index contributed by atoms with van der Waals surface area (Å²) >= 11 is 0.